The third-order valence-electron chi connectivity index (χ3n) is 3.66. The summed E-state index contributed by atoms with van der Waals surface area (Å²) in [7, 11) is 2.21. The van der Waals surface area contributed by atoms with E-state index in [0.717, 1.165) is 19.5 Å². The number of hydrogen-bond acceptors (Lipinski definition) is 3. The fraction of sp³-hybridized carbons (Fsp3) is 0.643. The molecule has 0 saturated heterocycles. The van der Waals surface area contributed by atoms with Crippen LogP contribution in [0.3, 0.4) is 0 Å². The van der Waals surface area contributed by atoms with Gasteiger partial charge < -0.3 is 5.73 Å². The topological polar surface area (TPSA) is 42.1 Å². The van der Waals surface area contributed by atoms with Gasteiger partial charge in [0, 0.05) is 6.20 Å². The Kier molecular flexibility index (Phi) is 4.51. The second-order valence-electron chi connectivity index (χ2n) is 4.93. The van der Waals surface area contributed by atoms with E-state index in [0.29, 0.717) is 6.04 Å². The number of aryl methyl sites for hydroxylation is 1. The second-order valence-corrected chi connectivity index (χ2v) is 4.93. The van der Waals surface area contributed by atoms with Crippen molar-refractivity contribution in [3.63, 3.8) is 0 Å². The van der Waals surface area contributed by atoms with Crippen molar-refractivity contribution in [2.24, 2.45) is 5.73 Å². The van der Waals surface area contributed by atoms with Crippen LogP contribution in [0.5, 0.6) is 0 Å². The van der Waals surface area contributed by atoms with Crippen molar-refractivity contribution in [1.29, 1.82) is 0 Å². The van der Waals surface area contributed by atoms with Crippen LogP contribution in [-0.4, -0.2) is 30.0 Å². The monoisotopic (exact) mass is 233 g/mol. The van der Waals surface area contributed by atoms with E-state index in [2.05, 4.69) is 29.1 Å². The SMILES string of the molecule is CN(CCCCN)C1CCCc2cccnc21. The third kappa shape index (κ3) is 3.05. The van der Waals surface area contributed by atoms with Gasteiger partial charge in [0.05, 0.1) is 11.7 Å². The summed E-state index contributed by atoms with van der Waals surface area (Å²) in [6, 6.07) is 4.79. The Balaban J connectivity index is 2.02. The Morgan fingerprint density at radius 3 is 3.18 bits per heavy atom. The van der Waals surface area contributed by atoms with Crippen molar-refractivity contribution in [3.05, 3.63) is 29.6 Å². The first-order valence-corrected chi connectivity index (χ1v) is 6.67. The van der Waals surface area contributed by atoms with Gasteiger partial charge in [-0.1, -0.05) is 6.07 Å². The first-order valence-electron chi connectivity index (χ1n) is 6.67. The number of nitrogens with zero attached hydrogens (tertiary/aromatic N) is 2. The molecule has 0 radical (unpaired) electrons. The third-order valence-corrected chi connectivity index (χ3v) is 3.66. The predicted molar refractivity (Wildman–Crippen MR) is 70.8 cm³/mol. The van der Waals surface area contributed by atoms with Crippen LogP contribution in [-0.2, 0) is 6.42 Å². The summed E-state index contributed by atoms with van der Waals surface area (Å²) < 4.78 is 0. The highest BCUT2D eigenvalue weighted by atomic mass is 15.1. The minimum absolute atomic E-state index is 0.512. The fourth-order valence-corrected chi connectivity index (χ4v) is 2.68. The molecule has 2 N–H and O–H groups in total. The van der Waals surface area contributed by atoms with Crippen molar-refractivity contribution < 1.29 is 0 Å². The molecule has 1 aromatic rings. The maximum absolute atomic E-state index is 5.54. The molecule has 0 spiro atoms. The lowest BCUT2D eigenvalue weighted by Gasteiger charge is -2.32. The molecule has 1 aliphatic rings. The lowest BCUT2D eigenvalue weighted by molar-refractivity contribution is 0.213. The van der Waals surface area contributed by atoms with Crippen molar-refractivity contribution in [2.75, 3.05) is 20.1 Å². The lowest BCUT2D eigenvalue weighted by Crippen LogP contribution is -2.29. The number of nitrogens with two attached hydrogens (primary N) is 1. The molecule has 1 atom stereocenters. The standard InChI is InChI=1S/C14H23N3/c1-17(11-3-2-9-15)13-8-4-6-12-7-5-10-16-14(12)13/h5,7,10,13H,2-4,6,8-9,11,15H2,1H3. The number of aromatic nitrogens is 1. The number of unbranched alkanes of at least 4 members (excludes halogenated alkanes) is 1. The van der Waals surface area contributed by atoms with E-state index < -0.39 is 0 Å². The van der Waals surface area contributed by atoms with E-state index in [9.17, 15) is 0 Å². The Bertz CT molecular complexity index is 351. The number of hydrogen-bond donors (Lipinski definition) is 1. The van der Waals surface area contributed by atoms with Gasteiger partial charge in [0.1, 0.15) is 0 Å². The molecule has 0 aliphatic heterocycles. The highest BCUT2D eigenvalue weighted by Crippen LogP contribution is 2.31. The normalized spacial score (nSPS) is 19.4. The highest BCUT2D eigenvalue weighted by molar-refractivity contribution is 5.25. The summed E-state index contributed by atoms with van der Waals surface area (Å²) in [4.78, 5) is 7.03. The number of rotatable bonds is 5. The number of fused-ring (bicyclic) bond motifs is 1. The van der Waals surface area contributed by atoms with Gasteiger partial charge in [0.2, 0.25) is 0 Å². The minimum Gasteiger partial charge on any atom is -0.330 e. The van der Waals surface area contributed by atoms with Gasteiger partial charge in [-0.05, 0) is 63.9 Å². The minimum atomic E-state index is 0.512. The van der Waals surface area contributed by atoms with Gasteiger partial charge in [0.25, 0.3) is 0 Å². The van der Waals surface area contributed by atoms with Gasteiger partial charge in [0.15, 0.2) is 0 Å². The predicted octanol–water partition coefficient (Wildman–Crippen LogP) is 2.13. The van der Waals surface area contributed by atoms with E-state index >= 15 is 0 Å². The zero-order valence-corrected chi connectivity index (χ0v) is 10.7. The first-order chi connectivity index (χ1) is 8.33. The molecule has 0 aromatic carbocycles. The zero-order chi connectivity index (χ0) is 12.1. The Hall–Kier alpha value is -0.930. The Morgan fingerprint density at radius 2 is 2.35 bits per heavy atom. The van der Waals surface area contributed by atoms with Crippen LogP contribution in [0.15, 0.2) is 18.3 Å². The molecule has 0 fully saturated rings. The molecule has 0 bridgehead atoms. The molecule has 1 unspecified atom stereocenters. The fourth-order valence-electron chi connectivity index (χ4n) is 2.68. The summed E-state index contributed by atoms with van der Waals surface area (Å²) in [5, 5.41) is 0. The maximum Gasteiger partial charge on any atom is 0.0607 e. The van der Waals surface area contributed by atoms with Crippen LogP contribution in [0.1, 0.15) is 43.0 Å². The zero-order valence-electron chi connectivity index (χ0n) is 10.7. The van der Waals surface area contributed by atoms with Crippen molar-refractivity contribution >= 4 is 0 Å². The van der Waals surface area contributed by atoms with Crippen LogP contribution in [0, 0.1) is 0 Å². The molecule has 2 rings (SSSR count). The van der Waals surface area contributed by atoms with Gasteiger partial charge in [-0.2, -0.15) is 0 Å². The van der Waals surface area contributed by atoms with E-state index in [1.807, 2.05) is 6.20 Å². The van der Waals surface area contributed by atoms with Crippen LogP contribution < -0.4 is 5.73 Å². The van der Waals surface area contributed by atoms with E-state index in [1.165, 1.54) is 36.9 Å². The van der Waals surface area contributed by atoms with Crippen LogP contribution in [0.25, 0.3) is 0 Å². The average Bonchev–Trinajstić information content (AvgIpc) is 2.38. The molecule has 0 saturated carbocycles. The van der Waals surface area contributed by atoms with Crippen LogP contribution in [0.4, 0.5) is 0 Å². The molecule has 17 heavy (non-hydrogen) atoms. The molecular weight excluding hydrogens is 210 g/mol. The van der Waals surface area contributed by atoms with Crippen molar-refractivity contribution in [1.82, 2.24) is 9.88 Å². The molecule has 94 valence electrons. The highest BCUT2D eigenvalue weighted by Gasteiger charge is 2.24. The Morgan fingerprint density at radius 1 is 1.47 bits per heavy atom. The van der Waals surface area contributed by atoms with Crippen LogP contribution in [0.2, 0.25) is 0 Å². The largest absolute Gasteiger partial charge is 0.330 e. The van der Waals surface area contributed by atoms with Gasteiger partial charge in [-0.25, -0.2) is 0 Å². The molecule has 3 nitrogen and oxygen atoms in total. The first kappa shape index (κ1) is 12.5. The van der Waals surface area contributed by atoms with Crippen molar-refractivity contribution in [3.8, 4) is 0 Å². The summed E-state index contributed by atoms with van der Waals surface area (Å²) in [5.74, 6) is 0. The molecular formula is C14H23N3. The Labute approximate surface area is 104 Å². The van der Waals surface area contributed by atoms with Gasteiger partial charge >= 0.3 is 0 Å². The molecule has 1 heterocycles. The second kappa shape index (κ2) is 6.12. The molecule has 1 aromatic heterocycles. The van der Waals surface area contributed by atoms with Gasteiger partial charge in [-0.3, -0.25) is 9.88 Å². The van der Waals surface area contributed by atoms with Crippen LogP contribution >= 0.6 is 0 Å². The molecule has 1 aliphatic carbocycles. The number of pyridine rings is 1. The molecule has 3 heteroatoms. The van der Waals surface area contributed by atoms with E-state index in [1.54, 1.807) is 0 Å². The average molecular weight is 233 g/mol. The maximum atomic E-state index is 5.54. The van der Waals surface area contributed by atoms with Gasteiger partial charge in [-0.15, -0.1) is 0 Å². The summed E-state index contributed by atoms with van der Waals surface area (Å²) >= 11 is 0. The summed E-state index contributed by atoms with van der Waals surface area (Å²) in [6.45, 7) is 1.92. The van der Waals surface area contributed by atoms with Crippen molar-refractivity contribution in [2.45, 2.75) is 38.1 Å². The summed E-state index contributed by atoms with van der Waals surface area (Å²) in [5.41, 5.74) is 8.28. The lowest BCUT2D eigenvalue weighted by atomic mass is 9.91. The molecule has 0 amide bonds. The quantitative estimate of drug-likeness (QED) is 0.792. The van der Waals surface area contributed by atoms with E-state index in [-0.39, 0.29) is 0 Å². The summed E-state index contributed by atoms with van der Waals surface area (Å²) in [6.07, 6.45) is 7.94. The smallest absolute Gasteiger partial charge is 0.0607 e. The van der Waals surface area contributed by atoms with E-state index in [4.69, 9.17) is 5.73 Å².